The van der Waals surface area contributed by atoms with Crippen LogP contribution in [0.3, 0.4) is 0 Å². The molecule has 2 heterocycles. The number of rotatable bonds is 2. The maximum absolute atomic E-state index is 12.2. The Bertz CT molecular complexity index is 980. The van der Waals surface area contributed by atoms with Crippen molar-refractivity contribution in [1.82, 2.24) is 0 Å². The molecule has 4 nitrogen and oxygen atoms in total. The molecule has 0 aromatic heterocycles. The maximum atomic E-state index is 12.2. The van der Waals surface area contributed by atoms with Crippen LogP contribution in [0.4, 0.5) is 5.69 Å². The largest absolute Gasteiger partial charge is 0.454 e. The summed E-state index contributed by atoms with van der Waals surface area (Å²) in [6, 6.07) is 22.6. The summed E-state index contributed by atoms with van der Waals surface area (Å²) < 4.78 is 10.9. The van der Waals surface area contributed by atoms with Gasteiger partial charge in [-0.15, -0.1) is 0 Å². The predicted octanol–water partition coefficient (Wildman–Crippen LogP) is 4.56. The van der Waals surface area contributed by atoms with E-state index in [-0.39, 0.29) is 18.6 Å². The van der Waals surface area contributed by atoms with Gasteiger partial charge in [-0.2, -0.15) is 0 Å². The van der Waals surface area contributed by atoms with Gasteiger partial charge >= 0.3 is 0 Å². The highest BCUT2D eigenvalue weighted by molar-refractivity contribution is 5.96. The monoisotopic (exact) mass is 343 g/mol. The Labute approximate surface area is 151 Å². The minimum atomic E-state index is 0.0121. The molecule has 3 aromatic carbocycles. The molecular weight excluding hydrogens is 326 g/mol. The van der Waals surface area contributed by atoms with Gasteiger partial charge < -0.3 is 14.8 Å². The Kier molecular flexibility index (Phi) is 3.42. The summed E-state index contributed by atoms with van der Waals surface area (Å²) in [6.07, 6.45) is 0.428. The van der Waals surface area contributed by atoms with Gasteiger partial charge in [0.05, 0.1) is 0 Å². The van der Waals surface area contributed by atoms with Crippen molar-refractivity contribution in [3.05, 3.63) is 77.9 Å². The number of anilines is 1. The van der Waals surface area contributed by atoms with E-state index < -0.39 is 0 Å². The van der Waals surface area contributed by atoms with Gasteiger partial charge in [0.1, 0.15) is 0 Å². The number of amides is 1. The van der Waals surface area contributed by atoms with Crippen LogP contribution >= 0.6 is 0 Å². The standard InChI is InChI=1S/C22H17NO3/c24-22-11-17(18-10-20-21(26-13-25-20)12-19(18)23-22)16-8-6-15(7-9-16)14-4-2-1-3-5-14/h1-10,12,17H,11,13H2,(H,23,24)/t17-/m1/s1. The topological polar surface area (TPSA) is 47.6 Å². The fourth-order valence-corrected chi connectivity index (χ4v) is 3.69. The average molecular weight is 343 g/mol. The van der Waals surface area contributed by atoms with Gasteiger partial charge in [0.25, 0.3) is 0 Å². The van der Waals surface area contributed by atoms with Crippen LogP contribution in [0.15, 0.2) is 66.7 Å². The molecule has 3 aromatic rings. The smallest absolute Gasteiger partial charge is 0.231 e. The van der Waals surface area contributed by atoms with Gasteiger partial charge in [0.15, 0.2) is 11.5 Å². The van der Waals surface area contributed by atoms with Gasteiger partial charge in [0.2, 0.25) is 12.7 Å². The van der Waals surface area contributed by atoms with Crippen molar-refractivity contribution in [2.24, 2.45) is 0 Å². The van der Waals surface area contributed by atoms with Crippen molar-refractivity contribution in [2.45, 2.75) is 12.3 Å². The lowest BCUT2D eigenvalue weighted by atomic mass is 9.84. The summed E-state index contributed by atoms with van der Waals surface area (Å²) in [5.41, 5.74) is 5.35. The Balaban J connectivity index is 1.54. The minimum Gasteiger partial charge on any atom is -0.454 e. The lowest BCUT2D eigenvalue weighted by Crippen LogP contribution is -2.23. The quantitative estimate of drug-likeness (QED) is 0.742. The molecule has 5 rings (SSSR count). The van der Waals surface area contributed by atoms with Crippen molar-refractivity contribution in [1.29, 1.82) is 0 Å². The van der Waals surface area contributed by atoms with Crippen LogP contribution in [0.2, 0.25) is 0 Å². The average Bonchev–Trinajstić information content (AvgIpc) is 3.14. The highest BCUT2D eigenvalue weighted by atomic mass is 16.7. The second-order valence-corrected chi connectivity index (χ2v) is 6.59. The molecule has 4 heteroatoms. The van der Waals surface area contributed by atoms with E-state index in [1.54, 1.807) is 0 Å². The van der Waals surface area contributed by atoms with Crippen molar-refractivity contribution in [3.63, 3.8) is 0 Å². The van der Waals surface area contributed by atoms with Crippen LogP contribution in [0, 0.1) is 0 Å². The summed E-state index contributed by atoms with van der Waals surface area (Å²) >= 11 is 0. The summed E-state index contributed by atoms with van der Waals surface area (Å²) in [7, 11) is 0. The maximum Gasteiger partial charge on any atom is 0.231 e. The van der Waals surface area contributed by atoms with Crippen LogP contribution in [-0.4, -0.2) is 12.7 Å². The number of benzene rings is 3. The second-order valence-electron chi connectivity index (χ2n) is 6.59. The molecule has 0 saturated carbocycles. The SMILES string of the molecule is O=C1C[C@H](c2ccc(-c3ccccc3)cc2)c2cc3c(cc2N1)OCO3. The molecule has 0 aliphatic carbocycles. The molecule has 1 atom stereocenters. The molecule has 2 aliphatic heterocycles. The summed E-state index contributed by atoms with van der Waals surface area (Å²) in [5.74, 6) is 1.46. The Morgan fingerprint density at radius 3 is 2.31 bits per heavy atom. The minimum absolute atomic E-state index is 0.0121. The molecule has 2 aliphatic rings. The van der Waals surface area contributed by atoms with Crippen LogP contribution in [0.25, 0.3) is 11.1 Å². The van der Waals surface area contributed by atoms with Gasteiger partial charge in [-0.05, 0) is 28.3 Å². The van der Waals surface area contributed by atoms with Gasteiger partial charge in [-0.25, -0.2) is 0 Å². The van der Waals surface area contributed by atoms with Crippen molar-refractivity contribution < 1.29 is 14.3 Å². The first kappa shape index (κ1) is 15.0. The lowest BCUT2D eigenvalue weighted by molar-refractivity contribution is -0.116. The third-order valence-corrected chi connectivity index (χ3v) is 5.00. The van der Waals surface area contributed by atoms with Gasteiger partial charge in [-0.3, -0.25) is 4.79 Å². The molecule has 1 N–H and O–H groups in total. The molecule has 0 spiro atoms. The zero-order valence-corrected chi connectivity index (χ0v) is 14.1. The van der Waals surface area contributed by atoms with Gasteiger partial charge in [0, 0.05) is 24.1 Å². The van der Waals surface area contributed by atoms with Gasteiger partial charge in [-0.1, -0.05) is 54.6 Å². The second kappa shape index (κ2) is 5.92. The number of hydrogen-bond donors (Lipinski definition) is 1. The number of ether oxygens (including phenoxy) is 2. The fraction of sp³-hybridized carbons (Fsp3) is 0.136. The summed E-state index contributed by atoms with van der Waals surface area (Å²) in [4.78, 5) is 12.2. The zero-order chi connectivity index (χ0) is 17.5. The molecular formula is C22H17NO3. The molecule has 0 radical (unpaired) electrons. The highest BCUT2D eigenvalue weighted by Gasteiger charge is 2.29. The van der Waals surface area contributed by atoms with E-state index in [9.17, 15) is 4.79 Å². The van der Waals surface area contributed by atoms with Crippen LogP contribution < -0.4 is 14.8 Å². The van der Waals surface area contributed by atoms with E-state index in [0.29, 0.717) is 12.2 Å². The first-order valence-corrected chi connectivity index (χ1v) is 8.67. The molecule has 0 fully saturated rings. The number of nitrogens with one attached hydrogen (secondary N) is 1. The number of carbonyl (C=O) groups is 1. The van der Waals surface area contributed by atoms with E-state index in [1.807, 2.05) is 30.3 Å². The molecule has 0 unspecified atom stereocenters. The molecule has 128 valence electrons. The summed E-state index contributed by atoms with van der Waals surface area (Å²) in [5, 5.41) is 2.95. The number of carbonyl (C=O) groups excluding carboxylic acids is 1. The van der Waals surface area contributed by atoms with E-state index in [4.69, 9.17) is 9.47 Å². The van der Waals surface area contributed by atoms with Crippen LogP contribution in [0.5, 0.6) is 11.5 Å². The molecule has 0 bridgehead atoms. The predicted molar refractivity (Wildman–Crippen MR) is 99.5 cm³/mol. The van der Waals surface area contributed by atoms with Crippen molar-refractivity contribution in [3.8, 4) is 22.6 Å². The van der Waals surface area contributed by atoms with E-state index in [0.717, 1.165) is 22.6 Å². The normalized spacial score (nSPS) is 17.5. The third-order valence-electron chi connectivity index (χ3n) is 5.00. The first-order valence-electron chi connectivity index (χ1n) is 8.67. The highest BCUT2D eigenvalue weighted by Crippen LogP contribution is 2.44. The van der Waals surface area contributed by atoms with E-state index >= 15 is 0 Å². The van der Waals surface area contributed by atoms with E-state index in [2.05, 4.69) is 41.7 Å². The Morgan fingerprint density at radius 1 is 0.846 bits per heavy atom. The third kappa shape index (κ3) is 2.51. The van der Waals surface area contributed by atoms with Crippen LogP contribution in [0.1, 0.15) is 23.5 Å². The number of hydrogen-bond acceptors (Lipinski definition) is 3. The Morgan fingerprint density at radius 2 is 1.54 bits per heavy atom. The van der Waals surface area contributed by atoms with E-state index in [1.165, 1.54) is 11.1 Å². The zero-order valence-electron chi connectivity index (χ0n) is 14.1. The van der Waals surface area contributed by atoms with Crippen LogP contribution in [-0.2, 0) is 4.79 Å². The Hall–Kier alpha value is -3.27. The van der Waals surface area contributed by atoms with Crippen molar-refractivity contribution >= 4 is 11.6 Å². The molecule has 26 heavy (non-hydrogen) atoms. The molecule has 0 saturated heterocycles. The number of fused-ring (bicyclic) bond motifs is 2. The van der Waals surface area contributed by atoms with Crippen molar-refractivity contribution in [2.75, 3.05) is 12.1 Å². The molecule has 1 amide bonds. The fourth-order valence-electron chi connectivity index (χ4n) is 3.69. The first-order chi connectivity index (χ1) is 12.8. The lowest BCUT2D eigenvalue weighted by Gasteiger charge is -2.26. The summed E-state index contributed by atoms with van der Waals surface area (Å²) in [6.45, 7) is 0.225.